The molecule has 1 aliphatic carbocycles. The fraction of sp³-hybridized carbons (Fsp3) is 0.520. The first-order chi connectivity index (χ1) is 14.3. The minimum absolute atomic E-state index is 0.0878. The van der Waals surface area contributed by atoms with E-state index in [0.29, 0.717) is 29.1 Å². The molecule has 1 amide bonds. The van der Waals surface area contributed by atoms with Crippen LogP contribution in [0.1, 0.15) is 66.9 Å². The molecule has 1 unspecified atom stereocenters. The van der Waals surface area contributed by atoms with Crippen LogP contribution in [0, 0.1) is 0 Å². The first kappa shape index (κ1) is 22.4. The quantitative estimate of drug-likeness (QED) is 0.475. The van der Waals surface area contributed by atoms with Crippen molar-refractivity contribution >= 4 is 17.2 Å². The van der Waals surface area contributed by atoms with Crippen molar-refractivity contribution in [2.24, 2.45) is 4.99 Å². The Morgan fingerprint density at radius 3 is 2.43 bits per heavy atom. The Hall–Kier alpha value is -2.24. The monoisotopic (exact) mass is 410 g/mol. The van der Waals surface area contributed by atoms with E-state index in [-0.39, 0.29) is 11.8 Å². The molecular formula is C25H36N3O2+. The Kier molecular flexibility index (Phi) is 7.27. The molecule has 1 N–H and O–H groups in total. The highest BCUT2D eigenvalue weighted by Gasteiger charge is 2.35. The summed E-state index contributed by atoms with van der Waals surface area (Å²) in [4.78, 5) is 18.4. The van der Waals surface area contributed by atoms with Crippen molar-refractivity contribution in [1.82, 2.24) is 0 Å². The Labute approximate surface area is 181 Å². The first-order valence-electron chi connectivity index (χ1n) is 11.3. The number of nitrogens with zero attached hydrogens (tertiary/aromatic N) is 2. The maximum atomic E-state index is 13.1. The predicted octanol–water partition coefficient (Wildman–Crippen LogP) is 2.18. The highest BCUT2D eigenvalue weighted by molar-refractivity contribution is 6.18. The van der Waals surface area contributed by atoms with Gasteiger partial charge in [-0.15, -0.1) is 0 Å². The van der Waals surface area contributed by atoms with E-state index in [0.717, 1.165) is 40.7 Å². The van der Waals surface area contributed by atoms with Gasteiger partial charge in [-0.05, 0) is 31.1 Å². The third kappa shape index (κ3) is 5.08. The highest BCUT2D eigenvalue weighted by atomic mass is 16.3. The van der Waals surface area contributed by atoms with Gasteiger partial charge in [0.05, 0.1) is 57.9 Å². The van der Waals surface area contributed by atoms with Crippen molar-refractivity contribution in [3.05, 3.63) is 52.9 Å². The number of likely N-dealkylation sites (N-methyl/N-ethyl adjacent to an activating group) is 1. The number of benzene rings is 1. The van der Waals surface area contributed by atoms with Gasteiger partial charge in [0, 0.05) is 16.7 Å². The summed E-state index contributed by atoms with van der Waals surface area (Å²) in [6.45, 7) is 4.42. The summed E-state index contributed by atoms with van der Waals surface area (Å²) in [6.07, 6.45) is 10.7. The molecule has 1 aliphatic heterocycles. The fourth-order valence-corrected chi connectivity index (χ4v) is 4.12. The molecule has 5 heteroatoms. The SMILES string of the molecule is CCCCCCCC[NH+]1C(=O)c2cccc3c2C(=C1[O-])C=CC3=NCC[N+](C)(C)C. The lowest BCUT2D eigenvalue weighted by Crippen LogP contribution is -3.15. The van der Waals surface area contributed by atoms with Crippen LogP contribution in [0.4, 0.5) is 0 Å². The topological polar surface area (TPSA) is 56.9 Å². The van der Waals surface area contributed by atoms with Crippen LogP contribution in [0.5, 0.6) is 0 Å². The van der Waals surface area contributed by atoms with Crippen LogP contribution in [-0.2, 0) is 0 Å². The summed E-state index contributed by atoms with van der Waals surface area (Å²) in [7, 11) is 6.43. The van der Waals surface area contributed by atoms with Crippen molar-refractivity contribution in [3.8, 4) is 0 Å². The lowest BCUT2D eigenvalue weighted by Gasteiger charge is -2.32. The highest BCUT2D eigenvalue weighted by Crippen LogP contribution is 2.31. The Morgan fingerprint density at radius 1 is 1.00 bits per heavy atom. The molecule has 1 aromatic carbocycles. The van der Waals surface area contributed by atoms with E-state index in [1.807, 2.05) is 30.4 Å². The van der Waals surface area contributed by atoms with E-state index in [1.54, 1.807) is 0 Å². The van der Waals surface area contributed by atoms with Gasteiger partial charge in [0.1, 0.15) is 0 Å². The lowest BCUT2D eigenvalue weighted by atomic mass is 9.85. The zero-order chi connectivity index (χ0) is 21.7. The van der Waals surface area contributed by atoms with Gasteiger partial charge in [-0.25, -0.2) is 9.69 Å². The fourth-order valence-electron chi connectivity index (χ4n) is 4.12. The van der Waals surface area contributed by atoms with E-state index in [1.165, 1.54) is 25.7 Å². The van der Waals surface area contributed by atoms with Gasteiger partial charge in [-0.1, -0.05) is 44.7 Å². The summed E-state index contributed by atoms with van der Waals surface area (Å²) >= 11 is 0. The number of aliphatic imine (C=N–C) groups is 1. The minimum Gasteiger partial charge on any atom is -0.830 e. The molecule has 0 radical (unpaired) electrons. The Bertz CT molecular complexity index is 875. The van der Waals surface area contributed by atoms with E-state index in [9.17, 15) is 9.90 Å². The van der Waals surface area contributed by atoms with Crippen LogP contribution in [-0.4, -0.2) is 56.9 Å². The third-order valence-electron chi connectivity index (χ3n) is 5.89. The summed E-state index contributed by atoms with van der Waals surface area (Å²) in [5.41, 5.74) is 3.87. The van der Waals surface area contributed by atoms with Crippen molar-refractivity contribution in [1.29, 1.82) is 0 Å². The molecule has 5 nitrogen and oxygen atoms in total. The molecule has 3 rings (SSSR count). The molecule has 0 aromatic heterocycles. The molecule has 0 saturated heterocycles. The number of hydrogen-bond donors (Lipinski definition) is 1. The largest absolute Gasteiger partial charge is 0.830 e. The molecule has 2 aliphatic rings. The molecule has 0 saturated carbocycles. The minimum atomic E-state index is -0.0878. The predicted molar refractivity (Wildman–Crippen MR) is 120 cm³/mol. The van der Waals surface area contributed by atoms with Gasteiger partial charge in [0.25, 0.3) is 0 Å². The van der Waals surface area contributed by atoms with Gasteiger partial charge >= 0.3 is 5.91 Å². The third-order valence-corrected chi connectivity index (χ3v) is 5.89. The van der Waals surface area contributed by atoms with Gasteiger partial charge in [-0.3, -0.25) is 4.99 Å². The standard InChI is InChI=1S/C25H35N3O2/c1-5-6-7-8-9-10-17-27-24(29)20-13-11-12-19-22(26-16-18-28(2,3)4)15-14-21(23(19)20)25(27)30/h11-15H,5-10,16-18H2,1-4H3/p+1. The van der Waals surface area contributed by atoms with E-state index < -0.39 is 0 Å². The van der Waals surface area contributed by atoms with Crippen LogP contribution < -0.4 is 10.0 Å². The van der Waals surface area contributed by atoms with E-state index in [4.69, 9.17) is 4.99 Å². The molecule has 30 heavy (non-hydrogen) atoms. The summed E-state index contributed by atoms with van der Waals surface area (Å²) in [5, 5.41) is 13.1. The number of rotatable bonds is 10. The molecule has 162 valence electrons. The van der Waals surface area contributed by atoms with Gasteiger partial charge in [0.15, 0.2) is 0 Å². The number of allylic oxidation sites excluding steroid dienone is 3. The van der Waals surface area contributed by atoms with Crippen molar-refractivity contribution in [2.45, 2.75) is 45.4 Å². The van der Waals surface area contributed by atoms with Crippen LogP contribution >= 0.6 is 0 Å². The molecule has 0 fully saturated rings. The van der Waals surface area contributed by atoms with Gasteiger partial charge in [0.2, 0.25) is 0 Å². The number of nitrogens with one attached hydrogen (secondary N) is 1. The number of carbonyl (C=O) groups is 1. The van der Waals surface area contributed by atoms with Crippen molar-refractivity contribution < 1.29 is 19.3 Å². The number of hydrogen-bond acceptors (Lipinski definition) is 3. The first-order valence-corrected chi connectivity index (χ1v) is 11.3. The van der Waals surface area contributed by atoms with E-state index >= 15 is 0 Å². The van der Waals surface area contributed by atoms with Crippen LogP contribution in [0.25, 0.3) is 5.57 Å². The smallest absolute Gasteiger partial charge is 0.349 e. The molecular weight excluding hydrogens is 374 g/mol. The summed E-state index contributed by atoms with van der Waals surface area (Å²) in [5.74, 6) is -0.176. The van der Waals surface area contributed by atoms with Crippen LogP contribution in [0.3, 0.4) is 0 Å². The molecule has 1 aromatic rings. The summed E-state index contributed by atoms with van der Waals surface area (Å²) < 4.78 is 0.846. The van der Waals surface area contributed by atoms with Crippen molar-refractivity contribution in [2.75, 3.05) is 40.8 Å². The maximum absolute atomic E-state index is 13.1. The van der Waals surface area contributed by atoms with Gasteiger partial charge in [-0.2, -0.15) is 0 Å². The molecule has 0 bridgehead atoms. The van der Waals surface area contributed by atoms with Crippen molar-refractivity contribution in [3.63, 3.8) is 0 Å². The molecule has 1 atom stereocenters. The zero-order valence-electron chi connectivity index (χ0n) is 19.0. The second-order valence-corrected chi connectivity index (χ2v) is 9.41. The second-order valence-electron chi connectivity index (χ2n) is 9.41. The van der Waals surface area contributed by atoms with Crippen LogP contribution in [0.15, 0.2) is 41.2 Å². The summed E-state index contributed by atoms with van der Waals surface area (Å²) in [6, 6.07) is 5.75. The van der Waals surface area contributed by atoms with E-state index in [2.05, 4.69) is 28.1 Å². The molecule has 1 heterocycles. The number of unbranched alkanes of at least 4 members (excludes halogenated alkanes) is 5. The van der Waals surface area contributed by atoms with Gasteiger partial charge < -0.3 is 9.59 Å². The Balaban J connectivity index is 1.80. The Morgan fingerprint density at radius 2 is 1.70 bits per heavy atom. The second kappa shape index (κ2) is 9.71. The maximum Gasteiger partial charge on any atom is 0.349 e. The average Bonchev–Trinajstić information content (AvgIpc) is 2.70. The number of carbonyl (C=O) groups excluding carboxylic acids is 1. The molecule has 0 spiro atoms. The number of quaternary nitrogens is 2. The average molecular weight is 411 g/mol. The number of amides is 1. The lowest BCUT2D eigenvalue weighted by molar-refractivity contribution is -0.868. The normalized spacial score (nSPS) is 19.5. The van der Waals surface area contributed by atoms with Crippen LogP contribution in [0.2, 0.25) is 0 Å². The zero-order valence-corrected chi connectivity index (χ0v) is 19.0.